The molecule has 28 heavy (non-hydrogen) atoms. The number of nitrogens with one attached hydrogen (secondary N) is 1. The molecule has 8 heteroatoms. The molecule has 0 aliphatic rings. The number of amides is 3. The number of hydrogen-bond acceptors (Lipinski definition) is 5. The van der Waals surface area contributed by atoms with Crippen LogP contribution in [0.25, 0.3) is 16.6 Å². The highest BCUT2D eigenvalue weighted by atomic mass is 32.2. The Morgan fingerprint density at radius 2 is 1.89 bits per heavy atom. The molecule has 3 N–H and O–H groups in total. The number of imide groups is 1. The summed E-state index contributed by atoms with van der Waals surface area (Å²) in [5.41, 5.74) is 8.03. The highest BCUT2D eigenvalue weighted by molar-refractivity contribution is 8.00. The number of fused-ring (bicyclic) bond motifs is 1. The molecule has 0 aliphatic heterocycles. The number of benzene rings is 2. The molecule has 7 nitrogen and oxygen atoms in total. The first kappa shape index (κ1) is 19.6. The minimum absolute atomic E-state index is 0.220. The monoisotopic (exact) mass is 396 g/mol. The minimum Gasteiger partial charge on any atom is -0.351 e. The fourth-order valence-corrected chi connectivity index (χ4v) is 3.81. The van der Waals surface area contributed by atoms with E-state index in [2.05, 4.69) is 10.3 Å². The summed E-state index contributed by atoms with van der Waals surface area (Å²) in [6.45, 7) is 5.52. The molecule has 0 saturated carbocycles. The van der Waals surface area contributed by atoms with E-state index in [0.29, 0.717) is 21.7 Å². The molecule has 3 amide bonds. The molecule has 0 bridgehead atoms. The SMILES string of the molecule is Cc1ccc(-n2c(S[C@@H](C)C(=O)NC(N)=O)nc3ccccc3c2=O)c(C)c1. The Bertz CT molecular complexity index is 1140. The first-order chi connectivity index (χ1) is 13.3. The number of nitrogens with zero attached hydrogens (tertiary/aromatic N) is 2. The topological polar surface area (TPSA) is 107 Å². The van der Waals surface area contributed by atoms with Crippen molar-refractivity contribution in [3.8, 4) is 5.69 Å². The van der Waals surface area contributed by atoms with Crippen molar-refractivity contribution < 1.29 is 9.59 Å². The van der Waals surface area contributed by atoms with Crippen LogP contribution in [0.5, 0.6) is 0 Å². The smallest absolute Gasteiger partial charge is 0.318 e. The van der Waals surface area contributed by atoms with Crippen molar-refractivity contribution in [2.45, 2.75) is 31.2 Å². The minimum atomic E-state index is -0.921. The second kappa shape index (κ2) is 7.85. The summed E-state index contributed by atoms with van der Waals surface area (Å²) in [6.07, 6.45) is 0. The fraction of sp³-hybridized carbons (Fsp3) is 0.200. The van der Waals surface area contributed by atoms with Crippen LogP contribution in [0.1, 0.15) is 18.1 Å². The average molecular weight is 396 g/mol. The molecule has 1 atom stereocenters. The molecule has 1 heterocycles. The van der Waals surface area contributed by atoms with Gasteiger partial charge >= 0.3 is 6.03 Å². The Kier molecular flexibility index (Phi) is 5.51. The standard InChI is InChI=1S/C20H20N4O3S/c1-11-8-9-16(12(2)10-11)24-18(26)14-6-4-5-7-15(14)22-20(24)28-13(3)17(25)23-19(21)27/h4-10,13H,1-3H3,(H3,21,23,25,27)/t13-/m0/s1. The number of carbonyl (C=O) groups is 2. The Balaban J connectivity index is 2.19. The molecule has 3 rings (SSSR count). The number of rotatable bonds is 4. The molecule has 1 aromatic heterocycles. The number of urea groups is 1. The van der Waals surface area contributed by atoms with Crippen molar-refractivity contribution in [2.75, 3.05) is 0 Å². The summed E-state index contributed by atoms with van der Waals surface area (Å²) in [5, 5.41) is 2.22. The number of aromatic nitrogens is 2. The molecule has 0 aliphatic carbocycles. The van der Waals surface area contributed by atoms with Gasteiger partial charge in [0.15, 0.2) is 5.16 Å². The van der Waals surface area contributed by atoms with Gasteiger partial charge in [-0.1, -0.05) is 41.6 Å². The number of aryl methyl sites for hydroxylation is 2. The van der Waals surface area contributed by atoms with E-state index in [1.54, 1.807) is 31.2 Å². The summed E-state index contributed by atoms with van der Waals surface area (Å²) in [6, 6.07) is 11.9. The lowest BCUT2D eigenvalue weighted by Crippen LogP contribution is -2.39. The highest BCUT2D eigenvalue weighted by Gasteiger charge is 2.21. The number of nitrogens with two attached hydrogens (primary N) is 1. The quantitative estimate of drug-likeness (QED) is 0.521. The molecule has 144 valence electrons. The van der Waals surface area contributed by atoms with Crippen molar-refractivity contribution in [2.24, 2.45) is 5.73 Å². The van der Waals surface area contributed by atoms with Gasteiger partial charge in [-0.25, -0.2) is 9.78 Å². The summed E-state index contributed by atoms with van der Waals surface area (Å²) < 4.78 is 1.51. The highest BCUT2D eigenvalue weighted by Crippen LogP contribution is 2.26. The average Bonchev–Trinajstić information content (AvgIpc) is 2.62. The van der Waals surface area contributed by atoms with E-state index in [4.69, 9.17) is 5.73 Å². The third kappa shape index (κ3) is 3.91. The van der Waals surface area contributed by atoms with Crippen molar-refractivity contribution in [3.63, 3.8) is 0 Å². The Morgan fingerprint density at radius 1 is 1.18 bits per heavy atom. The van der Waals surface area contributed by atoms with Gasteiger partial charge in [-0.05, 0) is 44.5 Å². The van der Waals surface area contributed by atoms with Crippen LogP contribution < -0.4 is 16.6 Å². The maximum absolute atomic E-state index is 13.3. The van der Waals surface area contributed by atoms with Crippen LogP contribution in [0.4, 0.5) is 4.79 Å². The van der Waals surface area contributed by atoms with Gasteiger partial charge in [0.1, 0.15) is 0 Å². The summed E-state index contributed by atoms with van der Waals surface area (Å²) in [4.78, 5) is 40.9. The van der Waals surface area contributed by atoms with E-state index in [1.165, 1.54) is 4.57 Å². The molecular weight excluding hydrogens is 376 g/mol. The predicted molar refractivity (Wildman–Crippen MR) is 110 cm³/mol. The second-order valence-electron chi connectivity index (χ2n) is 6.46. The fourth-order valence-electron chi connectivity index (χ4n) is 2.89. The normalized spacial score (nSPS) is 12.0. The van der Waals surface area contributed by atoms with E-state index in [1.807, 2.05) is 32.0 Å². The van der Waals surface area contributed by atoms with Crippen molar-refractivity contribution in [3.05, 3.63) is 63.9 Å². The van der Waals surface area contributed by atoms with Crippen LogP contribution in [0.2, 0.25) is 0 Å². The van der Waals surface area contributed by atoms with Gasteiger partial charge in [-0.3, -0.25) is 19.5 Å². The van der Waals surface area contributed by atoms with E-state index in [0.717, 1.165) is 22.9 Å². The van der Waals surface area contributed by atoms with Crippen molar-refractivity contribution in [1.29, 1.82) is 0 Å². The first-order valence-electron chi connectivity index (χ1n) is 8.64. The zero-order valence-corrected chi connectivity index (χ0v) is 16.5. The number of para-hydroxylation sites is 1. The van der Waals surface area contributed by atoms with Gasteiger partial charge in [0.2, 0.25) is 5.91 Å². The molecule has 0 spiro atoms. The van der Waals surface area contributed by atoms with Gasteiger partial charge in [0.05, 0.1) is 21.8 Å². The van der Waals surface area contributed by atoms with Crippen LogP contribution in [0.15, 0.2) is 52.4 Å². The van der Waals surface area contributed by atoms with Gasteiger partial charge < -0.3 is 5.73 Å². The zero-order valence-electron chi connectivity index (χ0n) is 15.7. The molecule has 2 aromatic carbocycles. The van der Waals surface area contributed by atoms with E-state index < -0.39 is 17.2 Å². The van der Waals surface area contributed by atoms with Crippen LogP contribution in [-0.2, 0) is 4.79 Å². The van der Waals surface area contributed by atoms with Crippen molar-refractivity contribution in [1.82, 2.24) is 14.9 Å². The van der Waals surface area contributed by atoms with Gasteiger partial charge in [0.25, 0.3) is 5.56 Å². The second-order valence-corrected chi connectivity index (χ2v) is 7.76. The summed E-state index contributed by atoms with van der Waals surface area (Å²) in [7, 11) is 0. The lowest BCUT2D eigenvalue weighted by Gasteiger charge is -2.17. The maximum atomic E-state index is 13.3. The van der Waals surface area contributed by atoms with Crippen LogP contribution in [0.3, 0.4) is 0 Å². The van der Waals surface area contributed by atoms with E-state index >= 15 is 0 Å². The number of thioether (sulfide) groups is 1. The molecule has 3 aromatic rings. The van der Waals surface area contributed by atoms with E-state index in [9.17, 15) is 14.4 Å². The predicted octanol–water partition coefficient (Wildman–Crippen LogP) is 2.68. The Morgan fingerprint density at radius 3 is 2.57 bits per heavy atom. The van der Waals surface area contributed by atoms with Gasteiger partial charge in [0, 0.05) is 0 Å². The molecule has 0 saturated heterocycles. The Labute approximate surface area is 166 Å². The van der Waals surface area contributed by atoms with Gasteiger partial charge in [-0.2, -0.15) is 0 Å². The van der Waals surface area contributed by atoms with E-state index in [-0.39, 0.29) is 5.56 Å². The third-order valence-electron chi connectivity index (χ3n) is 4.24. The lowest BCUT2D eigenvalue weighted by atomic mass is 10.1. The van der Waals surface area contributed by atoms with Crippen molar-refractivity contribution >= 4 is 34.6 Å². The number of carbonyl (C=O) groups excluding carboxylic acids is 2. The largest absolute Gasteiger partial charge is 0.351 e. The maximum Gasteiger partial charge on any atom is 0.318 e. The first-order valence-corrected chi connectivity index (χ1v) is 9.52. The van der Waals surface area contributed by atoms with Crippen LogP contribution >= 0.6 is 11.8 Å². The lowest BCUT2D eigenvalue weighted by molar-refractivity contribution is -0.119. The number of primary amides is 1. The van der Waals surface area contributed by atoms with Crippen LogP contribution in [0, 0.1) is 13.8 Å². The molecular formula is C20H20N4O3S. The molecule has 0 radical (unpaired) electrons. The molecule has 0 fully saturated rings. The van der Waals surface area contributed by atoms with Gasteiger partial charge in [-0.15, -0.1) is 0 Å². The summed E-state index contributed by atoms with van der Waals surface area (Å²) >= 11 is 1.09. The Hall–Kier alpha value is -3.13. The van der Waals surface area contributed by atoms with Crippen LogP contribution in [-0.4, -0.2) is 26.7 Å². The molecule has 0 unspecified atom stereocenters. The third-order valence-corrected chi connectivity index (χ3v) is 5.29. The zero-order chi connectivity index (χ0) is 20.4. The number of hydrogen-bond donors (Lipinski definition) is 2. The summed E-state index contributed by atoms with van der Waals surface area (Å²) in [5.74, 6) is -0.549.